The van der Waals surface area contributed by atoms with Crippen molar-refractivity contribution in [1.29, 1.82) is 0 Å². The van der Waals surface area contributed by atoms with E-state index in [2.05, 4.69) is 57.0 Å². The molecule has 0 spiro atoms. The third-order valence-electron chi connectivity index (χ3n) is 7.51. The molecule has 0 saturated carbocycles. The number of aromatic nitrogens is 1. The number of furan rings is 1. The molecule has 0 aliphatic rings. The second kappa shape index (κ2) is 13.8. The summed E-state index contributed by atoms with van der Waals surface area (Å²) in [6.07, 6.45) is 3.17. The maximum absolute atomic E-state index is 13.8. The first-order chi connectivity index (χ1) is 19.8. The number of carbonyl (C=O) groups excluding carboxylic acids is 1. The van der Waals surface area contributed by atoms with Crippen molar-refractivity contribution in [2.75, 3.05) is 23.7 Å². The molecule has 6 nitrogen and oxygen atoms in total. The molecule has 2 heterocycles. The minimum absolute atomic E-state index is 0.00720. The van der Waals surface area contributed by atoms with Gasteiger partial charge in [0, 0.05) is 29.8 Å². The van der Waals surface area contributed by atoms with Gasteiger partial charge in [0.15, 0.2) is 5.76 Å². The van der Waals surface area contributed by atoms with Crippen LogP contribution < -0.4 is 16.2 Å². The number of hydrogen-bond acceptors (Lipinski definition) is 5. The van der Waals surface area contributed by atoms with E-state index in [0.29, 0.717) is 30.5 Å². The Morgan fingerprint density at radius 2 is 1.63 bits per heavy atom. The van der Waals surface area contributed by atoms with Gasteiger partial charge >= 0.3 is 0 Å². The minimum Gasteiger partial charge on any atom is -0.461 e. The number of nitrogens with one attached hydrogen (secondary N) is 2. The topological polar surface area (TPSA) is 76.3 Å². The number of anilines is 2. The summed E-state index contributed by atoms with van der Waals surface area (Å²) in [7, 11) is 0. The van der Waals surface area contributed by atoms with Gasteiger partial charge in [-0.1, -0.05) is 88.4 Å². The predicted molar refractivity (Wildman–Crippen MR) is 168 cm³/mol. The van der Waals surface area contributed by atoms with Crippen LogP contribution in [0.15, 0.2) is 106 Å². The molecule has 2 aromatic heterocycles. The van der Waals surface area contributed by atoms with Crippen molar-refractivity contribution in [2.24, 2.45) is 11.8 Å². The van der Waals surface area contributed by atoms with E-state index in [0.717, 1.165) is 34.6 Å². The summed E-state index contributed by atoms with van der Waals surface area (Å²) in [5.74, 6) is 1.36. The van der Waals surface area contributed by atoms with E-state index in [-0.39, 0.29) is 29.6 Å². The molecule has 6 heteroatoms. The first kappa shape index (κ1) is 29.7. The largest absolute Gasteiger partial charge is 0.461 e. The maximum atomic E-state index is 13.8. The van der Waals surface area contributed by atoms with Gasteiger partial charge in [-0.15, -0.1) is 0 Å². The normalized spacial score (nSPS) is 12.6. The molecule has 0 saturated heterocycles. The standard InChI is InChI=1S/C35H41N3O3/c1-6-25(4)26(5)20-29(27-14-9-7-10-15-27)34-30(36-23-31(39)32-18-13-19-41-32)21-33(40)38(28-16-11-8-12-17-28)35(34)37-22-24(2)3/h7-19,21,24-25,29,36-37H,5-6,20,22-23H2,1-4H3. The number of carbonyl (C=O) groups is 1. The molecule has 4 aromatic rings. The van der Waals surface area contributed by atoms with Crippen molar-refractivity contribution in [3.63, 3.8) is 0 Å². The first-order valence-electron chi connectivity index (χ1n) is 14.4. The zero-order valence-corrected chi connectivity index (χ0v) is 24.5. The van der Waals surface area contributed by atoms with E-state index >= 15 is 0 Å². The number of pyridine rings is 1. The van der Waals surface area contributed by atoms with Crippen LogP contribution in [0.2, 0.25) is 0 Å². The number of nitrogens with zero attached hydrogens (tertiary/aromatic N) is 1. The number of ketones is 1. The van der Waals surface area contributed by atoms with Gasteiger partial charge in [-0.2, -0.15) is 0 Å². The molecule has 0 fully saturated rings. The van der Waals surface area contributed by atoms with Gasteiger partial charge in [-0.05, 0) is 54.5 Å². The van der Waals surface area contributed by atoms with Crippen LogP contribution in [0.4, 0.5) is 11.5 Å². The molecule has 214 valence electrons. The van der Waals surface area contributed by atoms with Gasteiger partial charge in [0.05, 0.1) is 18.5 Å². The molecule has 0 amide bonds. The fourth-order valence-corrected chi connectivity index (χ4v) is 4.96. The SMILES string of the molecule is C=C(CC(c1ccccc1)c1c(NCC(=O)c2ccco2)cc(=O)n(-c2ccccc2)c1NCC(C)C)C(C)CC. The number of Topliss-reactive ketones (excluding diaryl/α,β-unsaturated/α-hetero) is 1. The monoisotopic (exact) mass is 551 g/mol. The molecular formula is C35H41N3O3. The predicted octanol–water partition coefficient (Wildman–Crippen LogP) is 7.92. The number of hydrogen-bond donors (Lipinski definition) is 2. The highest BCUT2D eigenvalue weighted by atomic mass is 16.3. The number of para-hydroxylation sites is 1. The van der Waals surface area contributed by atoms with E-state index < -0.39 is 0 Å². The van der Waals surface area contributed by atoms with Crippen LogP contribution in [0.25, 0.3) is 5.69 Å². The molecular weight excluding hydrogens is 510 g/mol. The van der Waals surface area contributed by atoms with Crippen molar-refractivity contribution in [2.45, 2.75) is 46.5 Å². The number of rotatable bonds is 14. The molecule has 0 bridgehead atoms. The third kappa shape index (κ3) is 7.26. The zero-order chi connectivity index (χ0) is 29.4. The lowest BCUT2D eigenvalue weighted by Crippen LogP contribution is -2.28. The number of benzene rings is 2. The molecule has 2 unspecified atom stereocenters. The van der Waals surface area contributed by atoms with Crippen LogP contribution in [-0.2, 0) is 0 Å². The highest BCUT2D eigenvalue weighted by Gasteiger charge is 2.27. The second-order valence-corrected chi connectivity index (χ2v) is 11.0. The molecule has 0 aliphatic carbocycles. The molecule has 0 radical (unpaired) electrons. The minimum atomic E-state index is -0.190. The number of allylic oxidation sites excluding steroid dienone is 1. The maximum Gasteiger partial charge on any atom is 0.258 e. The van der Waals surface area contributed by atoms with Crippen LogP contribution >= 0.6 is 0 Å². The fraction of sp³-hybridized carbons (Fsp3) is 0.314. The quantitative estimate of drug-likeness (QED) is 0.123. The lowest BCUT2D eigenvalue weighted by molar-refractivity contribution is 0.0980. The van der Waals surface area contributed by atoms with Crippen molar-refractivity contribution < 1.29 is 9.21 Å². The van der Waals surface area contributed by atoms with Gasteiger partial charge in [0.25, 0.3) is 5.56 Å². The summed E-state index contributed by atoms with van der Waals surface area (Å²) < 4.78 is 7.08. The van der Waals surface area contributed by atoms with Crippen LogP contribution in [0.3, 0.4) is 0 Å². The van der Waals surface area contributed by atoms with Gasteiger partial charge < -0.3 is 15.1 Å². The van der Waals surface area contributed by atoms with Crippen LogP contribution in [0.5, 0.6) is 0 Å². The van der Waals surface area contributed by atoms with E-state index in [1.165, 1.54) is 6.26 Å². The van der Waals surface area contributed by atoms with Crippen LogP contribution in [0.1, 0.15) is 68.1 Å². The Balaban J connectivity index is 1.96. The van der Waals surface area contributed by atoms with E-state index in [9.17, 15) is 9.59 Å². The highest BCUT2D eigenvalue weighted by molar-refractivity contribution is 5.96. The van der Waals surface area contributed by atoms with Gasteiger partial charge in [-0.25, -0.2) is 0 Å². The van der Waals surface area contributed by atoms with Crippen molar-refractivity contribution in [1.82, 2.24) is 4.57 Å². The zero-order valence-electron chi connectivity index (χ0n) is 24.5. The van der Waals surface area contributed by atoms with Crippen LogP contribution in [0, 0.1) is 11.8 Å². The second-order valence-electron chi connectivity index (χ2n) is 11.0. The average molecular weight is 552 g/mol. The third-order valence-corrected chi connectivity index (χ3v) is 7.51. The summed E-state index contributed by atoms with van der Waals surface area (Å²) in [4.78, 5) is 26.8. The van der Waals surface area contributed by atoms with E-state index in [4.69, 9.17) is 4.42 Å². The van der Waals surface area contributed by atoms with E-state index in [1.807, 2.05) is 48.5 Å². The highest BCUT2D eigenvalue weighted by Crippen LogP contribution is 2.41. The van der Waals surface area contributed by atoms with E-state index in [1.54, 1.807) is 22.8 Å². The van der Waals surface area contributed by atoms with Gasteiger partial charge in [0.2, 0.25) is 5.78 Å². The Morgan fingerprint density at radius 1 is 0.951 bits per heavy atom. The van der Waals surface area contributed by atoms with Crippen molar-refractivity contribution in [3.8, 4) is 5.69 Å². The molecule has 2 N–H and O–H groups in total. The molecule has 2 atom stereocenters. The Kier molecular flexibility index (Phi) is 10.0. The van der Waals surface area contributed by atoms with Crippen molar-refractivity contribution >= 4 is 17.3 Å². The molecule has 4 rings (SSSR count). The average Bonchev–Trinajstić information content (AvgIpc) is 3.53. The Morgan fingerprint density at radius 3 is 2.24 bits per heavy atom. The summed E-state index contributed by atoms with van der Waals surface area (Å²) >= 11 is 0. The summed E-state index contributed by atoms with van der Waals surface area (Å²) in [6.45, 7) is 13.8. The Labute approximate surface area is 243 Å². The summed E-state index contributed by atoms with van der Waals surface area (Å²) in [6, 6.07) is 25.0. The molecule has 41 heavy (non-hydrogen) atoms. The summed E-state index contributed by atoms with van der Waals surface area (Å²) in [5.41, 5.74) is 4.40. The molecule has 2 aromatic carbocycles. The first-order valence-corrected chi connectivity index (χ1v) is 14.4. The Hall–Kier alpha value is -4.32. The fourth-order valence-electron chi connectivity index (χ4n) is 4.96. The van der Waals surface area contributed by atoms with Gasteiger partial charge in [-0.3, -0.25) is 14.2 Å². The van der Waals surface area contributed by atoms with Gasteiger partial charge in [0.1, 0.15) is 5.82 Å². The lowest BCUT2D eigenvalue weighted by atomic mass is 9.82. The van der Waals surface area contributed by atoms with Crippen LogP contribution in [-0.4, -0.2) is 23.4 Å². The smallest absolute Gasteiger partial charge is 0.258 e. The molecule has 0 aliphatic heterocycles. The summed E-state index contributed by atoms with van der Waals surface area (Å²) in [5, 5.41) is 6.96. The Bertz CT molecular complexity index is 1490. The van der Waals surface area contributed by atoms with Crippen molar-refractivity contribution in [3.05, 3.63) is 125 Å². The lowest BCUT2D eigenvalue weighted by Gasteiger charge is -2.29.